The quantitative estimate of drug-likeness (QED) is 0.398. The number of hydrogen-bond acceptors (Lipinski definition) is 6. The summed E-state index contributed by atoms with van der Waals surface area (Å²) in [5.74, 6) is -0.288. The number of Topliss-reactive ketones (excluding diaryl/α,β-unsaturated/α-hetero) is 2. The van der Waals surface area contributed by atoms with Gasteiger partial charge in [0, 0.05) is 32.3 Å². The van der Waals surface area contributed by atoms with E-state index in [1.54, 1.807) is 24.3 Å². The Kier molecular flexibility index (Phi) is 6.09. The minimum Gasteiger partial charge on any atom is -0.398 e. The van der Waals surface area contributed by atoms with Crippen molar-refractivity contribution in [2.75, 3.05) is 11.5 Å². The molecule has 0 heterocycles. The highest BCUT2D eigenvalue weighted by Gasteiger charge is 2.14. The summed E-state index contributed by atoms with van der Waals surface area (Å²) in [6, 6.07) is 6.41. The third-order valence-corrected chi connectivity index (χ3v) is 6.48. The van der Waals surface area contributed by atoms with E-state index in [0.29, 0.717) is 42.3 Å². The van der Waals surface area contributed by atoms with Crippen LogP contribution in [-0.4, -0.2) is 11.6 Å². The van der Waals surface area contributed by atoms with Gasteiger partial charge in [-0.05, 0) is 38.1 Å². The molecule has 2 aromatic carbocycles. The molecule has 0 spiro atoms. The summed E-state index contributed by atoms with van der Waals surface area (Å²) >= 11 is 12.4. The molecule has 0 unspecified atom stereocenters. The number of nitrogens with two attached hydrogens (primary N) is 2. The van der Waals surface area contributed by atoms with Gasteiger partial charge < -0.3 is 11.5 Å². The molecule has 2 aromatic rings. The van der Waals surface area contributed by atoms with Crippen LogP contribution in [0, 0.1) is 0 Å². The maximum Gasteiger partial charge on any atom is 0.161 e. The van der Waals surface area contributed by atoms with E-state index in [-0.39, 0.29) is 11.6 Å². The van der Waals surface area contributed by atoms with Crippen molar-refractivity contribution in [2.24, 2.45) is 0 Å². The van der Waals surface area contributed by atoms with Gasteiger partial charge in [0.2, 0.25) is 0 Å². The van der Waals surface area contributed by atoms with Gasteiger partial charge in [-0.25, -0.2) is 0 Å². The van der Waals surface area contributed by atoms with E-state index < -0.39 is 0 Å². The number of carbonyl (C=O) groups excluding carboxylic acids is 2. The second-order valence-electron chi connectivity index (χ2n) is 5.02. The number of benzene rings is 2. The SMILES string of the molecule is CC(=O)c1cc(Cl)c(SSc2cc(N)c(C(C)=O)cc2Cl)cc1N. The Morgan fingerprint density at radius 2 is 1.12 bits per heavy atom. The van der Waals surface area contributed by atoms with Crippen LogP contribution >= 0.6 is 44.8 Å². The predicted octanol–water partition coefficient (Wildman–Crippen LogP) is 5.36. The Labute approximate surface area is 157 Å². The van der Waals surface area contributed by atoms with E-state index in [1.807, 2.05) is 0 Å². The summed E-state index contributed by atoms with van der Waals surface area (Å²) in [6.07, 6.45) is 0. The molecular formula is C16H14Cl2N2O2S2. The third kappa shape index (κ3) is 4.19. The van der Waals surface area contributed by atoms with Gasteiger partial charge in [-0.2, -0.15) is 0 Å². The van der Waals surface area contributed by atoms with Gasteiger partial charge in [-0.3, -0.25) is 9.59 Å². The van der Waals surface area contributed by atoms with Crippen LogP contribution in [0.5, 0.6) is 0 Å². The van der Waals surface area contributed by atoms with Crippen molar-refractivity contribution < 1.29 is 9.59 Å². The lowest BCUT2D eigenvalue weighted by molar-refractivity contribution is 0.101. The zero-order valence-corrected chi connectivity index (χ0v) is 16.0. The Morgan fingerprint density at radius 1 is 0.792 bits per heavy atom. The van der Waals surface area contributed by atoms with Crippen molar-refractivity contribution >= 4 is 67.7 Å². The Morgan fingerprint density at radius 3 is 1.42 bits per heavy atom. The molecule has 4 N–H and O–H groups in total. The van der Waals surface area contributed by atoms with Crippen LogP contribution in [0.2, 0.25) is 10.0 Å². The van der Waals surface area contributed by atoms with E-state index in [0.717, 1.165) is 0 Å². The lowest BCUT2D eigenvalue weighted by Crippen LogP contribution is -2.00. The summed E-state index contributed by atoms with van der Waals surface area (Å²) < 4.78 is 0. The first kappa shape index (κ1) is 19.0. The van der Waals surface area contributed by atoms with Crippen molar-refractivity contribution in [1.29, 1.82) is 0 Å². The molecule has 0 amide bonds. The highest BCUT2D eigenvalue weighted by Crippen LogP contribution is 2.45. The molecule has 0 saturated heterocycles. The summed E-state index contributed by atoms with van der Waals surface area (Å²) in [6.45, 7) is 2.87. The second-order valence-corrected chi connectivity index (χ2v) is 8.05. The van der Waals surface area contributed by atoms with Crippen LogP contribution in [0.1, 0.15) is 34.6 Å². The van der Waals surface area contributed by atoms with Crippen LogP contribution in [-0.2, 0) is 0 Å². The molecule has 0 aliphatic heterocycles. The van der Waals surface area contributed by atoms with Crippen LogP contribution in [0.15, 0.2) is 34.1 Å². The Bertz CT molecular complexity index is 772. The first-order valence-electron chi connectivity index (χ1n) is 6.75. The molecule has 8 heteroatoms. The number of rotatable bonds is 5. The first-order valence-corrected chi connectivity index (χ1v) is 9.65. The fourth-order valence-corrected chi connectivity index (χ4v) is 4.97. The molecule has 4 nitrogen and oxygen atoms in total. The molecule has 2 rings (SSSR count). The van der Waals surface area contributed by atoms with Gasteiger partial charge in [0.05, 0.1) is 10.0 Å². The normalized spacial score (nSPS) is 10.7. The minimum atomic E-state index is -0.144. The standard InChI is InChI=1S/C16H14Cl2N2O2S2/c1-7(21)9-3-11(17)15(5-13(9)19)23-24-16-6-14(20)10(8(2)22)4-12(16)18/h3-6H,19-20H2,1-2H3. The zero-order chi connectivity index (χ0) is 18.0. The van der Waals surface area contributed by atoms with Crippen LogP contribution in [0.25, 0.3) is 0 Å². The first-order chi connectivity index (χ1) is 11.2. The fraction of sp³-hybridized carbons (Fsp3) is 0.125. The van der Waals surface area contributed by atoms with Gasteiger partial charge in [-0.15, -0.1) is 0 Å². The highest BCUT2D eigenvalue weighted by molar-refractivity contribution is 8.76. The monoisotopic (exact) mass is 400 g/mol. The molecule has 126 valence electrons. The molecule has 0 radical (unpaired) electrons. The predicted molar refractivity (Wildman–Crippen MR) is 103 cm³/mol. The van der Waals surface area contributed by atoms with Crippen molar-refractivity contribution in [1.82, 2.24) is 0 Å². The number of hydrogen-bond donors (Lipinski definition) is 2. The summed E-state index contributed by atoms with van der Waals surface area (Å²) in [5.41, 5.74) is 13.3. The maximum absolute atomic E-state index is 11.5. The average Bonchev–Trinajstić information content (AvgIpc) is 2.49. The molecule has 0 aliphatic carbocycles. The minimum absolute atomic E-state index is 0.144. The van der Waals surface area contributed by atoms with Crippen molar-refractivity contribution in [2.45, 2.75) is 23.6 Å². The summed E-state index contributed by atoms with van der Waals surface area (Å²) in [4.78, 5) is 24.3. The van der Waals surface area contributed by atoms with Crippen molar-refractivity contribution in [3.8, 4) is 0 Å². The van der Waals surface area contributed by atoms with E-state index in [9.17, 15) is 9.59 Å². The molecule has 0 saturated carbocycles. The number of anilines is 2. The maximum atomic E-state index is 11.5. The van der Waals surface area contributed by atoms with Gasteiger partial charge in [-0.1, -0.05) is 44.8 Å². The molecule has 0 aromatic heterocycles. The molecule has 0 aliphatic rings. The second kappa shape index (κ2) is 7.70. The average molecular weight is 401 g/mol. The summed E-state index contributed by atoms with van der Waals surface area (Å²) in [7, 11) is 2.68. The van der Waals surface area contributed by atoms with Gasteiger partial charge in [0.25, 0.3) is 0 Å². The topological polar surface area (TPSA) is 86.2 Å². The number of nitrogen functional groups attached to an aromatic ring is 2. The van der Waals surface area contributed by atoms with Gasteiger partial charge in [0.1, 0.15) is 0 Å². The van der Waals surface area contributed by atoms with E-state index in [1.165, 1.54) is 35.4 Å². The van der Waals surface area contributed by atoms with Crippen LogP contribution in [0.3, 0.4) is 0 Å². The smallest absolute Gasteiger partial charge is 0.161 e. The van der Waals surface area contributed by atoms with Crippen molar-refractivity contribution in [3.63, 3.8) is 0 Å². The fourth-order valence-electron chi connectivity index (χ4n) is 1.97. The van der Waals surface area contributed by atoms with Crippen LogP contribution < -0.4 is 11.5 Å². The molecular weight excluding hydrogens is 387 g/mol. The Hall–Kier alpha value is -1.34. The molecule has 0 fully saturated rings. The Balaban J connectivity index is 2.26. The lowest BCUT2D eigenvalue weighted by atomic mass is 10.1. The van der Waals surface area contributed by atoms with Gasteiger partial charge >= 0.3 is 0 Å². The number of carbonyl (C=O) groups is 2. The highest BCUT2D eigenvalue weighted by atomic mass is 35.5. The van der Waals surface area contributed by atoms with E-state index >= 15 is 0 Å². The molecule has 0 atom stereocenters. The molecule has 24 heavy (non-hydrogen) atoms. The number of ketones is 2. The van der Waals surface area contributed by atoms with Crippen LogP contribution in [0.4, 0.5) is 11.4 Å². The van der Waals surface area contributed by atoms with E-state index in [2.05, 4.69) is 0 Å². The van der Waals surface area contributed by atoms with Gasteiger partial charge in [0.15, 0.2) is 11.6 Å². The largest absolute Gasteiger partial charge is 0.398 e. The third-order valence-electron chi connectivity index (χ3n) is 3.19. The number of halogens is 2. The molecule has 0 bridgehead atoms. The van der Waals surface area contributed by atoms with E-state index in [4.69, 9.17) is 34.7 Å². The summed E-state index contributed by atoms with van der Waals surface area (Å²) in [5, 5.41) is 0.854. The lowest BCUT2D eigenvalue weighted by Gasteiger charge is -2.10. The zero-order valence-electron chi connectivity index (χ0n) is 12.9. The van der Waals surface area contributed by atoms with Crippen molar-refractivity contribution in [3.05, 3.63) is 45.4 Å².